The molecule has 1 aliphatic heterocycles. The quantitative estimate of drug-likeness (QED) is 0.575. The van der Waals surface area contributed by atoms with Gasteiger partial charge < -0.3 is 9.47 Å². The molecule has 0 saturated heterocycles. The van der Waals surface area contributed by atoms with E-state index in [9.17, 15) is 0 Å². The lowest BCUT2D eigenvalue weighted by atomic mass is 9.89. The molecule has 6 heteroatoms. The number of aryl methyl sites for hydroxylation is 1. The Balaban J connectivity index is 1.88. The topological polar surface area (TPSA) is 21.7 Å². The van der Waals surface area contributed by atoms with Crippen LogP contribution >= 0.6 is 34.8 Å². The molecule has 1 unspecified atom stereocenters. The van der Waals surface area contributed by atoms with Gasteiger partial charge in [-0.3, -0.25) is 4.90 Å². The number of methoxy groups -OCH3 is 2. The van der Waals surface area contributed by atoms with Crippen molar-refractivity contribution in [2.75, 3.05) is 27.8 Å². The van der Waals surface area contributed by atoms with Gasteiger partial charge in [-0.2, -0.15) is 0 Å². The maximum atomic E-state index is 6.35. The molecule has 3 rings (SSSR count). The van der Waals surface area contributed by atoms with Crippen LogP contribution in [-0.2, 0) is 12.8 Å². The fourth-order valence-electron chi connectivity index (χ4n) is 3.58. The van der Waals surface area contributed by atoms with Crippen LogP contribution in [0, 0.1) is 0 Å². The summed E-state index contributed by atoms with van der Waals surface area (Å²) in [5.74, 6) is 1.54. The smallest absolute Gasteiger partial charge is 0.161 e. The third-order valence-corrected chi connectivity index (χ3v) is 6.12. The second kappa shape index (κ2) is 8.26. The second-order valence-electron chi connectivity index (χ2n) is 6.55. The molecule has 0 spiro atoms. The average molecular weight is 415 g/mol. The molecule has 0 fully saturated rings. The number of hydrogen-bond acceptors (Lipinski definition) is 3. The van der Waals surface area contributed by atoms with Gasteiger partial charge in [0.2, 0.25) is 0 Å². The highest BCUT2D eigenvalue weighted by atomic mass is 35.5. The van der Waals surface area contributed by atoms with E-state index in [1.807, 2.05) is 6.07 Å². The molecule has 0 N–H and O–H groups in total. The summed E-state index contributed by atoms with van der Waals surface area (Å²) in [6.45, 7) is 1.00. The molecular formula is C20H22Cl3NO2. The average Bonchev–Trinajstić information content (AvgIpc) is 2.63. The van der Waals surface area contributed by atoms with E-state index in [1.165, 1.54) is 11.1 Å². The number of fused-ring (bicyclic) bond motifs is 1. The van der Waals surface area contributed by atoms with Gasteiger partial charge in [-0.25, -0.2) is 0 Å². The summed E-state index contributed by atoms with van der Waals surface area (Å²) in [5, 5.41) is 1.68. The fraction of sp³-hybridized carbons (Fsp3) is 0.400. The maximum Gasteiger partial charge on any atom is 0.161 e. The molecule has 0 aliphatic carbocycles. The molecule has 3 nitrogen and oxygen atoms in total. The Hall–Kier alpha value is -1.13. The van der Waals surface area contributed by atoms with Crippen LogP contribution < -0.4 is 9.47 Å². The molecule has 1 aliphatic rings. The van der Waals surface area contributed by atoms with Crippen molar-refractivity contribution in [3.8, 4) is 11.5 Å². The normalized spacial score (nSPS) is 17.1. The zero-order valence-corrected chi connectivity index (χ0v) is 17.4. The van der Waals surface area contributed by atoms with Crippen molar-refractivity contribution in [2.45, 2.75) is 25.3 Å². The highest BCUT2D eigenvalue weighted by Gasteiger charge is 2.27. The predicted octanol–water partition coefficient (Wildman–Crippen LogP) is 5.83. The lowest BCUT2D eigenvalue weighted by Crippen LogP contribution is -2.32. The molecule has 2 aromatic rings. The van der Waals surface area contributed by atoms with E-state index >= 15 is 0 Å². The molecule has 0 radical (unpaired) electrons. The van der Waals surface area contributed by atoms with E-state index in [2.05, 4.69) is 24.1 Å². The number of benzene rings is 2. The number of hydrogen-bond donors (Lipinski definition) is 0. The lowest BCUT2D eigenvalue weighted by molar-refractivity contribution is 0.218. The van der Waals surface area contributed by atoms with E-state index in [0.29, 0.717) is 15.1 Å². The monoisotopic (exact) mass is 413 g/mol. The Morgan fingerprint density at radius 2 is 1.62 bits per heavy atom. The Morgan fingerprint density at radius 3 is 2.31 bits per heavy atom. The minimum atomic E-state index is 0.282. The Morgan fingerprint density at radius 1 is 0.962 bits per heavy atom. The van der Waals surface area contributed by atoms with Crippen LogP contribution in [0.3, 0.4) is 0 Å². The summed E-state index contributed by atoms with van der Waals surface area (Å²) in [6.07, 6.45) is 2.74. The number of nitrogens with zero attached hydrogens (tertiary/aromatic N) is 1. The molecule has 140 valence electrons. The Labute approximate surface area is 169 Å². The van der Waals surface area contributed by atoms with Crippen LogP contribution in [0.15, 0.2) is 24.3 Å². The van der Waals surface area contributed by atoms with Crippen LogP contribution in [0.1, 0.15) is 29.2 Å². The van der Waals surface area contributed by atoms with Gasteiger partial charge in [0.05, 0.1) is 24.3 Å². The first-order valence-electron chi connectivity index (χ1n) is 8.53. The van der Waals surface area contributed by atoms with Gasteiger partial charge in [0, 0.05) is 17.6 Å². The van der Waals surface area contributed by atoms with Crippen LogP contribution in [-0.4, -0.2) is 32.7 Å². The van der Waals surface area contributed by atoms with E-state index in [1.54, 1.807) is 20.3 Å². The largest absolute Gasteiger partial charge is 0.493 e. The zero-order chi connectivity index (χ0) is 18.8. The van der Waals surface area contributed by atoms with Gasteiger partial charge in [0.25, 0.3) is 0 Å². The number of ether oxygens (including phenoxy) is 2. The Bertz CT molecular complexity index is 810. The van der Waals surface area contributed by atoms with Crippen molar-refractivity contribution >= 4 is 34.8 Å². The van der Waals surface area contributed by atoms with Crippen LogP contribution in [0.4, 0.5) is 0 Å². The lowest BCUT2D eigenvalue weighted by Gasteiger charge is -2.35. The van der Waals surface area contributed by atoms with Gasteiger partial charge in [-0.15, -0.1) is 0 Å². The summed E-state index contributed by atoms with van der Waals surface area (Å²) in [7, 11) is 5.49. The summed E-state index contributed by atoms with van der Waals surface area (Å²) < 4.78 is 11.0. The van der Waals surface area contributed by atoms with Gasteiger partial charge in [-0.1, -0.05) is 34.8 Å². The highest BCUT2D eigenvalue weighted by Crippen LogP contribution is 2.40. The fourth-order valence-corrected chi connectivity index (χ4v) is 4.24. The van der Waals surface area contributed by atoms with Crippen molar-refractivity contribution in [2.24, 2.45) is 0 Å². The third kappa shape index (κ3) is 3.91. The minimum Gasteiger partial charge on any atom is -0.493 e. The number of likely N-dealkylation sites (N-methyl/N-ethyl adjacent to an activating group) is 1. The summed E-state index contributed by atoms with van der Waals surface area (Å²) in [5.41, 5.74) is 3.61. The number of rotatable bonds is 5. The van der Waals surface area contributed by atoms with Gasteiger partial charge in [0.1, 0.15) is 0 Å². The van der Waals surface area contributed by atoms with Crippen molar-refractivity contribution in [1.82, 2.24) is 4.90 Å². The Kier molecular flexibility index (Phi) is 6.24. The molecule has 0 bridgehead atoms. The van der Waals surface area contributed by atoms with E-state index in [0.717, 1.165) is 42.9 Å². The summed E-state index contributed by atoms with van der Waals surface area (Å²) >= 11 is 18.5. The summed E-state index contributed by atoms with van der Waals surface area (Å²) in [4.78, 5) is 2.37. The first-order valence-corrected chi connectivity index (χ1v) is 9.66. The van der Waals surface area contributed by atoms with E-state index in [-0.39, 0.29) is 6.04 Å². The van der Waals surface area contributed by atoms with Crippen molar-refractivity contribution in [3.05, 3.63) is 56.0 Å². The molecule has 1 atom stereocenters. The standard InChI is InChI=1S/C20H22Cl3NO2/c1-24-7-6-12-9-19(25-2)20(26-3)10-14(12)18(24)5-4-13-8-16(22)17(23)11-15(13)21/h8-11,18H,4-7H2,1-3H3. The van der Waals surface area contributed by atoms with Crippen molar-refractivity contribution in [1.29, 1.82) is 0 Å². The van der Waals surface area contributed by atoms with Gasteiger partial charge in [0.15, 0.2) is 11.5 Å². The SMILES string of the molecule is COc1cc2c(cc1OC)C(CCc1cc(Cl)c(Cl)cc1Cl)N(C)CC2. The molecule has 0 amide bonds. The second-order valence-corrected chi connectivity index (χ2v) is 7.77. The number of halogens is 3. The van der Waals surface area contributed by atoms with Gasteiger partial charge >= 0.3 is 0 Å². The molecule has 1 heterocycles. The molecule has 2 aromatic carbocycles. The van der Waals surface area contributed by atoms with E-state index in [4.69, 9.17) is 44.3 Å². The first-order chi connectivity index (χ1) is 12.4. The van der Waals surface area contributed by atoms with Gasteiger partial charge in [-0.05, 0) is 67.3 Å². The van der Waals surface area contributed by atoms with Crippen LogP contribution in [0.25, 0.3) is 0 Å². The van der Waals surface area contributed by atoms with Crippen molar-refractivity contribution < 1.29 is 9.47 Å². The van der Waals surface area contributed by atoms with Crippen molar-refractivity contribution in [3.63, 3.8) is 0 Å². The van der Waals surface area contributed by atoms with Crippen LogP contribution in [0.2, 0.25) is 15.1 Å². The molecule has 0 aromatic heterocycles. The minimum absolute atomic E-state index is 0.282. The zero-order valence-electron chi connectivity index (χ0n) is 15.1. The molecule has 26 heavy (non-hydrogen) atoms. The summed E-state index contributed by atoms with van der Waals surface area (Å²) in [6, 6.07) is 8.06. The van der Waals surface area contributed by atoms with E-state index < -0.39 is 0 Å². The third-order valence-electron chi connectivity index (χ3n) is 5.05. The predicted molar refractivity (Wildman–Crippen MR) is 108 cm³/mol. The first kappa shape index (κ1) is 19.6. The maximum absolute atomic E-state index is 6.35. The highest BCUT2D eigenvalue weighted by molar-refractivity contribution is 6.43. The molecular weight excluding hydrogens is 393 g/mol. The molecule has 0 saturated carbocycles. The van der Waals surface area contributed by atoms with Crippen LogP contribution in [0.5, 0.6) is 11.5 Å².